The monoisotopic (exact) mass is 264 g/mol. The minimum atomic E-state index is -0.387. The highest BCUT2D eigenvalue weighted by Crippen LogP contribution is 2.16. The summed E-state index contributed by atoms with van der Waals surface area (Å²) in [6, 6.07) is 6.77. The smallest absolute Gasteiger partial charge is 0.137 e. The van der Waals surface area contributed by atoms with Gasteiger partial charge >= 0.3 is 0 Å². The van der Waals surface area contributed by atoms with Crippen LogP contribution in [-0.2, 0) is 0 Å². The first-order valence-electron chi connectivity index (χ1n) is 7.36. The lowest BCUT2D eigenvalue weighted by molar-refractivity contribution is -0.693. The maximum Gasteiger partial charge on any atom is 0.137 e. The summed E-state index contributed by atoms with van der Waals surface area (Å²) in [5.41, 5.74) is 2.49. The number of aryl methyl sites for hydroxylation is 2. The van der Waals surface area contributed by atoms with Crippen LogP contribution in [0.1, 0.15) is 36.8 Å². The lowest BCUT2D eigenvalue weighted by atomic mass is 10.1. The Bertz CT molecular complexity index is 400. The maximum absolute atomic E-state index is 9.94. The zero-order valence-corrected chi connectivity index (χ0v) is 12.1. The average molecular weight is 264 g/mol. The number of benzene rings is 1. The summed E-state index contributed by atoms with van der Waals surface area (Å²) in [7, 11) is 0. The standard InChI is InChI=1S/C16H25NO2/c1-12-7-8-16(9-13(12)2)19-11-15(18)10-17-14-5-3-4-6-14/h7-9,14-15,17-18H,3-6,10-11H2,1-2H3/p+1/t15-/m0/s1. The molecule has 0 aliphatic heterocycles. The van der Waals surface area contributed by atoms with Crippen molar-refractivity contribution >= 4 is 0 Å². The second-order valence-corrected chi connectivity index (χ2v) is 5.73. The molecule has 0 bridgehead atoms. The van der Waals surface area contributed by atoms with E-state index in [9.17, 15) is 5.11 Å². The SMILES string of the molecule is Cc1ccc(OC[C@@H](O)C[NH2+]C2CCCC2)cc1C. The van der Waals surface area contributed by atoms with Crippen molar-refractivity contribution in [2.45, 2.75) is 51.7 Å². The fraction of sp³-hybridized carbons (Fsp3) is 0.625. The molecule has 3 heteroatoms. The van der Waals surface area contributed by atoms with Crippen LogP contribution in [-0.4, -0.2) is 30.4 Å². The van der Waals surface area contributed by atoms with Crippen LogP contribution in [0.5, 0.6) is 5.75 Å². The van der Waals surface area contributed by atoms with Gasteiger partial charge in [0.2, 0.25) is 0 Å². The fourth-order valence-corrected chi connectivity index (χ4v) is 2.61. The highest BCUT2D eigenvalue weighted by molar-refractivity contribution is 5.33. The van der Waals surface area contributed by atoms with Crippen LogP contribution in [0.4, 0.5) is 0 Å². The van der Waals surface area contributed by atoms with Gasteiger partial charge < -0.3 is 15.2 Å². The van der Waals surface area contributed by atoms with Gasteiger partial charge in [-0.05, 0) is 62.8 Å². The van der Waals surface area contributed by atoms with Crippen molar-refractivity contribution in [3.8, 4) is 5.75 Å². The molecule has 1 aromatic rings. The molecular weight excluding hydrogens is 238 g/mol. The van der Waals surface area contributed by atoms with Crippen LogP contribution in [0.2, 0.25) is 0 Å². The highest BCUT2D eigenvalue weighted by Gasteiger charge is 2.19. The van der Waals surface area contributed by atoms with Gasteiger partial charge in [-0.25, -0.2) is 0 Å². The van der Waals surface area contributed by atoms with Crippen molar-refractivity contribution in [2.24, 2.45) is 0 Å². The van der Waals surface area contributed by atoms with E-state index >= 15 is 0 Å². The Morgan fingerprint density at radius 2 is 2.00 bits per heavy atom. The van der Waals surface area contributed by atoms with Crippen LogP contribution in [0.15, 0.2) is 18.2 Å². The molecule has 1 aliphatic carbocycles. The van der Waals surface area contributed by atoms with Crippen LogP contribution in [0.25, 0.3) is 0 Å². The largest absolute Gasteiger partial charge is 0.491 e. The lowest BCUT2D eigenvalue weighted by Gasteiger charge is -2.14. The van der Waals surface area contributed by atoms with Gasteiger partial charge in [-0.2, -0.15) is 0 Å². The van der Waals surface area contributed by atoms with Crippen molar-refractivity contribution in [1.29, 1.82) is 0 Å². The summed E-state index contributed by atoms with van der Waals surface area (Å²) < 4.78 is 5.65. The van der Waals surface area contributed by atoms with E-state index in [4.69, 9.17) is 4.74 Å². The molecule has 1 fully saturated rings. The molecule has 3 N–H and O–H groups in total. The molecule has 0 aromatic heterocycles. The molecule has 1 atom stereocenters. The van der Waals surface area contributed by atoms with Crippen molar-refractivity contribution in [3.63, 3.8) is 0 Å². The van der Waals surface area contributed by atoms with Crippen molar-refractivity contribution in [2.75, 3.05) is 13.2 Å². The van der Waals surface area contributed by atoms with E-state index in [0.29, 0.717) is 6.61 Å². The van der Waals surface area contributed by atoms with E-state index in [1.54, 1.807) is 0 Å². The first kappa shape index (κ1) is 14.4. The molecule has 0 spiro atoms. The summed E-state index contributed by atoms with van der Waals surface area (Å²) in [4.78, 5) is 0. The number of aliphatic hydroxyl groups is 1. The zero-order valence-electron chi connectivity index (χ0n) is 12.1. The van der Waals surface area contributed by atoms with Crippen molar-refractivity contribution < 1.29 is 15.2 Å². The molecule has 3 nitrogen and oxygen atoms in total. The quantitative estimate of drug-likeness (QED) is 0.819. The third kappa shape index (κ3) is 4.51. The van der Waals surface area contributed by atoms with E-state index in [-0.39, 0.29) is 6.10 Å². The molecule has 0 amide bonds. The fourth-order valence-electron chi connectivity index (χ4n) is 2.61. The molecule has 1 aliphatic rings. The first-order chi connectivity index (χ1) is 9.15. The Hall–Kier alpha value is -1.06. The molecule has 19 heavy (non-hydrogen) atoms. The van der Waals surface area contributed by atoms with E-state index in [0.717, 1.165) is 18.3 Å². The normalized spacial score (nSPS) is 17.6. The average Bonchev–Trinajstić information content (AvgIpc) is 2.91. The lowest BCUT2D eigenvalue weighted by Crippen LogP contribution is -2.91. The predicted octanol–water partition coefficient (Wildman–Crippen LogP) is 1.55. The third-order valence-corrected chi connectivity index (χ3v) is 4.06. The minimum Gasteiger partial charge on any atom is -0.491 e. The number of hydrogen-bond acceptors (Lipinski definition) is 2. The molecular formula is C16H26NO2+. The number of aliphatic hydroxyl groups excluding tert-OH is 1. The van der Waals surface area contributed by atoms with Crippen molar-refractivity contribution in [3.05, 3.63) is 29.3 Å². The van der Waals surface area contributed by atoms with E-state index in [2.05, 4.69) is 25.2 Å². The maximum atomic E-state index is 9.94. The second-order valence-electron chi connectivity index (χ2n) is 5.73. The molecule has 2 rings (SSSR count). The number of rotatable bonds is 6. The van der Waals surface area contributed by atoms with Crippen LogP contribution >= 0.6 is 0 Å². The third-order valence-electron chi connectivity index (χ3n) is 4.06. The Balaban J connectivity index is 1.70. The van der Waals surface area contributed by atoms with Gasteiger partial charge in [0.25, 0.3) is 0 Å². The zero-order chi connectivity index (χ0) is 13.7. The molecule has 1 saturated carbocycles. The highest BCUT2D eigenvalue weighted by atomic mass is 16.5. The Morgan fingerprint density at radius 1 is 1.26 bits per heavy atom. The second kappa shape index (κ2) is 6.92. The van der Waals surface area contributed by atoms with Crippen LogP contribution in [0.3, 0.4) is 0 Å². The van der Waals surface area contributed by atoms with Gasteiger partial charge in [0.15, 0.2) is 0 Å². The summed E-state index contributed by atoms with van der Waals surface area (Å²) in [5.74, 6) is 0.850. The molecule has 1 aromatic carbocycles. The number of ether oxygens (including phenoxy) is 1. The minimum absolute atomic E-state index is 0.381. The van der Waals surface area contributed by atoms with E-state index in [1.165, 1.54) is 36.8 Å². The van der Waals surface area contributed by atoms with Crippen LogP contribution < -0.4 is 10.1 Å². The first-order valence-corrected chi connectivity index (χ1v) is 7.36. The molecule has 0 unspecified atom stereocenters. The van der Waals surface area contributed by atoms with Gasteiger partial charge in [-0.1, -0.05) is 6.07 Å². The van der Waals surface area contributed by atoms with Gasteiger partial charge in [0, 0.05) is 0 Å². The summed E-state index contributed by atoms with van der Waals surface area (Å²) in [5, 5.41) is 12.2. The summed E-state index contributed by atoms with van der Waals surface area (Å²) in [6.45, 7) is 5.29. The molecule has 0 radical (unpaired) electrons. The topological polar surface area (TPSA) is 46.1 Å². The number of hydrogen-bond donors (Lipinski definition) is 2. The van der Waals surface area contributed by atoms with Gasteiger partial charge in [-0.15, -0.1) is 0 Å². The molecule has 0 heterocycles. The van der Waals surface area contributed by atoms with E-state index in [1.807, 2.05) is 12.1 Å². The predicted molar refractivity (Wildman–Crippen MR) is 76.5 cm³/mol. The van der Waals surface area contributed by atoms with Gasteiger partial charge in [0.1, 0.15) is 25.0 Å². The Labute approximate surface area is 116 Å². The van der Waals surface area contributed by atoms with Crippen molar-refractivity contribution in [1.82, 2.24) is 0 Å². The number of nitrogens with two attached hydrogens (primary N) is 1. The van der Waals surface area contributed by atoms with Gasteiger partial charge in [0.05, 0.1) is 6.04 Å². The summed E-state index contributed by atoms with van der Waals surface area (Å²) >= 11 is 0. The van der Waals surface area contributed by atoms with E-state index < -0.39 is 0 Å². The Kier molecular flexibility index (Phi) is 5.23. The van der Waals surface area contributed by atoms with Crippen LogP contribution in [0, 0.1) is 13.8 Å². The Morgan fingerprint density at radius 3 is 2.68 bits per heavy atom. The summed E-state index contributed by atoms with van der Waals surface area (Å²) in [6.07, 6.45) is 4.89. The molecule has 0 saturated heterocycles. The number of quaternary nitrogens is 1. The van der Waals surface area contributed by atoms with Gasteiger partial charge in [-0.3, -0.25) is 0 Å². The molecule has 106 valence electrons.